The number of amidine groups is 1. The van der Waals surface area contributed by atoms with Gasteiger partial charge < -0.3 is 15.8 Å². The van der Waals surface area contributed by atoms with Crippen LogP contribution in [0.25, 0.3) is 0 Å². The highest BCUT2D eigenvalue weighted by Crippen LogP contribution is 2.30. The Morgan fingerprint density at radius 2 is 2.30 bits per heavy atom. The second-order valence-electron chi connectivity index (χ2n) is 4.52. The zero-order valence-electron chi connectivity index (χ0n) is 12.1. The number of ether oxygens (including phenoxy) is 1. The van der Waals surface area contributed by atoms with Gasteiger partial charge in [0.1, 0.15) is 16.7 Å². The van der Waals surface area contributed by atoms with E-state index in [1.807, 2.05) is 0 Å². The molecule has 2 rings (SSSR count). The molecule has 2 amide bonds. The van der Waals surface area contributed by atoms with Crippen LogP contribution in [-0.2, 0) is 9.59 Å². The monoisotopic (exact) mass is 338 g/mol. The van der Waals surface area contributed by atoms with Gasteiger partial charge in [-0.2, -0.15) is 4.99 Å². The summed E-state index contributed by atoms with van der Waals surface area (Å²) in [6.45, 7) is 2.12. The molecule has 9 nitrogen and oxygen atoms in total. The van der Waals surface area contributed by atoms with Crippen LogP contribution in [-0.4, -0.2) is 33.8 Å². The summed E-state index contributed by atoms with van der Waals surface area (Å²) in [7, 11) is 0. The lowest BCUT2D eigenvalue weighted by atomic mass is 10.2. The second kappa shape index (κ2) is 7.09. The maximum Gasteiger partial charge on any atom is 0.296 e. The Balaban J connectivity index is 2.08. The lowest BCUT2D eigenvalue weighted by molar-refractivity contribution is -0.384. The first-order valence-electron chi connectivity index (χ1n) is 6.66. The molecule has 1 heterocycles. The fraction of sp³-hybridized carbons (Fsp3) is 0.308. The Morgan fingerprint density at radius 3 is 2.87 bits per heavy atom. The lowest BCUT2D eigenvalue weighted by Crippen LogP contribution is -2.22. The summed E-state index contributed by atoms with van der Waals surface area (Å²) in [6, 6.07) is 4.13. The van der Waals surface area contributed by atoms with Crippen molar-refractivity contribution in [2.24, 2.45) is 10.7 Å². The molecular formula is C13H14N4O5S. The van der Waals surface area contributed by atoms with Gasteiger partial charge >= 0.3 is 0 Å². The first-order valence-corrected chi connectivity index (χ1v) is 7.54. The number of nitrogens with zero attached hydrogens (tertiary/aromatic N) is 2. The minimum atomic E-state index is -0.697. The van der Waals surface area contributed by atoms with E-state index in [4.69, 9.17) is 10.5 Å². The van der Waals surface area contributed by atoms with Crippen molar-refractivity contribution in [2.45, 2.75) is 18.6 Å². The highest BCUT2D eigenvalue weighted by atomic mass is 32.2. The molecule has 0 aromatic heterocycles. The number of benzene rings is 1. The summed E-state index contributed by atoms with van der Waals surface area (Å²) >= 11 is 0.996. The summed E-state index contributed by atoms with van der Waals surface area (Å²) in [5.41, 5.74) is 5.16. The van der Waals surface area contributed by atoms with E-state index < -0.39 is 22.0 Å². The molecule has 0 radical (unpaired) electrons. The Morgan fingerprint density at radius 1 is 1.57 bits per heavy atom. The van der Waals surface area contributed by atoms with Gasteiger partial charge in [0.15, 0.2) is 5.17 Å². The average Bonchev–Trinajstić information content (AvgIpc) is 2.78. The Hall–Kier alpha value is -2.62. The molecule has 0 unspecified atom stereocenters. The van der Waals surface area contributed by atoms with E-state index in [2.05, 4.69) is 10.3 Å². The lowest BCUT2D eigenvalue weighted by Gasteiger charge is -2.09. The topological polar surface area (TPSA) is 137 Å². The highest BCUT2D eigenvalue weighted by molar-refractivity contribution is 8.15. The van der Waals surface area contributed by atoms with Crippen LogP contribution in [0.15, 0.2) is 23.2 Å². The van der Waals surface area contributed by atoms with Gasteiger partial charge in [-0.25, -0.2) is 0 Å². The van der Waals surface area contributed by atoms with Crippen molar-refractivity contribution < 1.29 is 19.2 Å². The van der Waals surface area contributed by atoms with Crippen LogP contribution < -0.4 is 15.8 Å². The van der Waals surface area contributed by atoms with Gasteiger partial charge in [-0.1, -0.05) is 11.8 Å². The van der Waals surface area contributed by atoms with E-state index in [-0.39, 0.29) is 23.0 Å². The molecule has 1 aliphatic rings. The number of nitrogens with one attached hydrogen (secondary N) is 1. The maximum absolute atomic E-state index is 12.0. The summed E-state index contributed by atoms with van der Waals surface area (Å²) in [6.07, 6.45) is -0.169. The molecule has 1 aromatic rings. The SMILES string of the molecule is CCOc1ccc(NC(=O)C[C@@H]2SC(N)=NC2=O)c([N+](=O)[O-])c1. The molecule has 0 spiro atoms. The largest absolute Gasteiger partial charge is 0.494 e. The van der Waals surface area contributed by atoms with E-state index in [1.54, 1.807) is 6.92 Å². The predicted molar refractivity (Wildman–Crippen MR) is 85.5 cm³/mol. The van der Waals surface area contributed by atoms with E-state index in [1.165, 1.54) is 18.2 Å². The number of carbonyl (C=O) groups is 2. The number of anilines is 1. The fourth-order valence-corrected chi connectivity index (χ4v) is 2.75. The van der Waals surface area contributed by atoms with Crippen molar-refractivity contribution in [1.29, 1.82) is 0 Å². The number of hydrogen-bond acceptors (Lipinski definition) is 7. The molecule has 0 aliphatic carbocycles. The van der Waals surface area contributed by atoms with Crippen molar-refractivity contribution in [2.75, 3.05) is 11.9 Å². The second-order valence-corrected chi connectivity index (χ2v) is 5.74. The van der Waals surface area contributed by atoms with Crippen molar-refractivity contribution in [3.8, 4) is 5.75 Å². The van der Waals surface area contributed by atoms with E-state index in [0.29, 0.717) is 12.4 Å². The minimum absolute atomic E-state index is 0.0350. The van der Waals surface area contributed by atoms with Crippen molar-refractivity contribution in [3.63, 3.8) is 0 Å². The average molecular weight is 338 g/mol. The third-order valence-electron chi connectivity index (χ3n) is 2.88. The minimum Gasteiger partial charge on any atom is -0.494 e. The van der Waals surface area contributed by atoms with Gasteiger partial charge in [-0.05, 0) is 19.1 Å². The third kappa shape index (κ3) is 4.19. The standard InChI is InChI=1S/C13H14N4O5S/c1-2-22-7-3-4-8(9(5-7)17(20)21)15-11(18)6-10-12(19)16-13(14)23-10/h3-5,10H,2,6H2,1H3,(H,15,18)(H2,14,16,19)/t10-/m0/s1. The highest BCUT2D eigenvalue weighted by Gasteiger charge is 2.29. The van der Waals surface area contributed by atoms with Crippen LogP contribution in [0.4, 0.5) is 11.4 Å². The summed E-state index contributed by atoms with van der Waals surface area (Å²) in [5.74, 6) is -0.684. The quantitative estimate of drug-likeness (QED) is 0.588. The number of amides is 2. The number of nitro benzene ring substituents is 1. The van der Waals surface area contributed by atoms with Gasteiger partial charge in [0.25, 0.3) is 11.6 Å². The predicted octanol–water partition coefficient (Wildman–Crippen LogP) is 1.28. The Bertz CT molecular complexity index is 691. The van der Waals surface area contributed by atoms with Crippen LogP contribution in [0.3, 0.4) is 0 Å². The van der Waals surface area contributed by atoms with Crippen LogP contribution in [0.2, 0.25) is 0 Å². The molecular weight excluding hydrogens is 324 g/mol. The zero-order valence-corrected chi connectivity index (χ0v) is 13.0. The summed E-state index contributed by atoms with van der Waals surface area (Å²) in [4.78, 5) is 37.5. The van der Waals surface area contributed by atoms with Gasteiger partial charge in [0.2, 0.25) is 5.91 Å². The van der Waals surface area contributed by atoms with Gasteiger partial charge in [0.05, 0.1) is 17.6 Å². The number of carbonyl (C=O) groups excluding carboxylic acids is 2. The molecule has 3 N–H and O–H groups in total. The van der Waals surface area contributed by atoms with Gasteiger partial charge in [-0.15, -0.1) is 0 Å². The fourth-order valence-electron chi connectivity index (χ4n) is 1.93. The smallest absolute Gasteiger partial charge is 0.296 e. The van der Waals surface area contributed by atoms with Crippen molar-refractivity contribution in [1.82, 2.24) is 0 Å². The molecule has 1 aromatic carbocycles. The molecule has 10 heteroatoms. The molecule has 0 fully saturated rings. The van der Waals surface area contributed by atoms with Crippen LogP contribution in [0.5, 0.6) is 5.75 Å². The van der Waals surface area contributed by atoms with Crippen LogP contribution in [0, 0.1) is 10.1 Å². The number of thioether (sulfide) groups is 1. The van der Waals surface area contributed by atoms with E-state index in [0.717, 1.165) is 11.8 Å². The molecule has 122 valence electrons. The van der Waals surface area contributed by atoms with Gasteiger partial charge in [-0.3, -0.25) is 19.7 Å². The number of aliphatic imine (C=N–C) groups is 1. The maximum atomic E-state index is 12.0. The number of hydrogen-bond donors (Lipinski definition) is 2. The normalized spacial score (nSPS) is 16.8. The first kappa shape index (κ1) is 16.7. The molecule has 23 heavy (non-hydrogen) atoms. The van der Waals surface area contributed by atoms with Gasteiger partial charge in [0, 0.05) is 6.42 Å². The summed E-state index contributed by atoms with van der Waals surface area (Å²) < 4.78 is 5.20. The van der Waals surface area contributed by atoms with Crippen LogP contribution >= 0.6 is 11.8 Å². The summed E-state index contributed by atoms with van der Waals surface area (Å²) in [5, 5.41) is 12.9. The Labute approximate surface area is 135 Å². The van der Waals surface area contributed by atoms with Crippen molar-refractivity contribution >= 4 is 40.1 Å². The third-order valence-corrected chi connectivity index (χ3v) is 3.87. The first-order chi connectivity index (χ1) is 10.9. The van der Waals surface area contributed by atoms with E-state index >= 15 is 0 Å². The molecule has 0 bridgehead atoms. The number of nitro groups is 1. The number of rotatable bonds is 6. The molecule has 1 aliphatic heterocycles. The zero-order chi connectivity index (χ0) is 17.0. The molecule has 0 saturated carbocycles. The Kier molecular flexibility index (Phi) is 5.16. The number of nitrogens with two attached hydrogens (primary N) is 1. The van der Waals surface area contributed by atoms with Crippen LogP contribution in [0.1, 0.15) is 13.3 Å². The van der Waals surface area contributed by atoms with E-state index in [9.17, 15) is 19.7 Å². The molecule has 0 saturated heterocycles. The van der Waals surface area contributed by atoms with Crippen molar-refractivity contribution in [3.05, 3.63) is 28.3 Å². The molecule has 1 atom stereocenters.